The maximum absolute atomic E-state index is 13.3. The number of halogens is 1. The van der Waals surface area contributed by atoms with E-state index in [1.54, 1.807) is 32.9 Å². The van der Waals surface area contributed by atoms with E-state index in [0.29, 0.717) is 16.7 Å². The minimum atomic E-state index is -1.25. The molecule has 0 aliphatic carbocycles. The molecule has 1 N–H and O–H groups in total. The van der Waals surface area contributed by atoms with Crippen molar-refractivity contribution in [2.45, 2.75) is 33.9 Å². The first-order valence-corrected chi connectivity index (χ1v) is 13.2. The number of carbonyl (C=O) groups excluding carboxylic acids is 4. The molecule has 0 radical (unpaired) electrons. The average Bonchev–Trinajstić information content (AvgIpc) is 3.68. The van der Waals surface area contributed by atoms with Gasteiger partial charge in [0.15, 0.2) is 5.76 Å². The van der Waals surface area contributed by atoms with Gasteiger partial charge in [-0.2, -0.15) is 9.78 Å². The number of thiophene rings is 1. The van der Waals surface area contributed by atoms with Gasteiger partial charge < -0.3 is 19.0 Å². The molecule has 4 aromatic heterocycles. The maximum Gasteiger partial charge on any atom is 0.379 e. The second kappa shape index (κ2) is 11.4. The molecule has 13 heteroatoms. The van der Waals surface area contributed by atoms with Crippen LogP contribution in [0, 0.1) is 5.41 Å². The highest BCUT2D eigenvalue weighted by molar-refractivity contribution is 7.16. The molecule has 208 valence electrons. The summed E-state index contributed by atoms with van der Waals surface area (Å²) in [6, 6.07) is 9.34. The highest BCUT2D eigenvalue weighted by Crippen LogP contribution is 2.28. The summed E-state index contributed by atoms with van der Waals surface area (Å²) in [5, 5.41) is 7.65. The Labute approximate surface area is 237 Å². The van der Waals surface area contributed by atoms with Gasteiger partial charge in [0.25, 0.3) is 17.2 Å². The van der Waals surface area contributed by atoms with Crippen LogP contribution in [-0.4, -0.2) is 44.9 Å². The van der Waals surface area contributed by atoms with Crippen LogP contribution >= 0.6 is 22.9 Å². The first kappa shape index (κ1) is 28.7. The minimum Gasteiger partial charge on any atom is -0.463 e. The number of hydrogen-bond acceptors (Lipinski definition) is 10. The van der Waals surface area contributed by atoms with Crippen LogP contribution in [0.3, 0.4) is 0 Å². The van der Waals surface area contributed by atoms with Gasteiger partial charge in [-0.05, 0) is 30.3 Å². The van der Waals surface area contributed by atoms with E-state index in [0.717, 1.165) is 16.6 Å². The zero-order valence-electron chi connectivity index (χ0n) is 22.0. The molecule has 4 aromatic rings. The van der Waals surface area contributed by atoms with Crippen molar-refractivity contribution >= 4 is 52.2 Å². The van der Waals surface area contributed by atoms with E-state index in [1.165, 1.54) is 46.7 Å². The molecule has 0 aliphatic heterocycles. The molecule has 0 fully saturated rings. The first-order valence-electron chi connectivity index (χ1n) is 12.0. The number of esters is 1. The molecule has 0 saturated heterocycles. The molecule has 0 bridgehead atoms. The van der Waals surface area contributed by atoms with Crippen molar-refractivity contribution in [2.24, 2.45) is 5.41 Å². The van der Waals surface area contributed by atoms with Gasteiger partial charge in [-0.15, -0.1) is 11.3 Å². The second-order valence-corrected chi connectivity index (χ2v) is 11.5. The number of ether oxygens (including phenoxy) is 1. The van der Waals surface area contributed by atoms with Crippen LogP contribution in [0.4, 0.5) is 5.82 Å². The summed E-state index contributed by atoms with van der Waals surface area (Å²) in [7, 11) is 1.02. The van der Waals surface area contributed by atoms with Gasteiger partial charge in [-0.3, -0.25) is 19.2 Å². The van der Waals surface area contributed by atoms with Crippen LogP contribution < -0.4 is 10.9 Å². The molecular formula is C27H25ClN4O7S. The summed E-state index contributed by atoms with van der Waals surface area (Å²) in [6.07, 6.45) is 2.64. The zero-order chi connectivity index (χ0) is 29.2. The summed E-state index contributed by atoms with van der Waals surface area (Å²) in [5.74, 6) is -2.93. The number of nitrogens with zero attached hydrogens (tertiary/aromatic N) is 3. The molecule has 0 atom stereocenters. The topological polar surface area (TPSA) is 142 Å². The lowest BCUT2D eigenvalue weighted by Gasteiger charge is -2.18. The smallest absolute Gasteiger partial charge is 0.379 e. The van der Waals surface area contributed by atoms with Gasteiger partial charge in [0.1, 0.15) is 5.82 Å². The molecule has 4 rings (SSSR count). The van der Waals surface area contributed by atoms with Crippen LogP contribution in [0.1, 0.15) is 51.4 Å². The molecule has 40 heavy (non-hydrogen) atoms. The number of aromatic nitrogens is 3. The Morgan fingerprint density at radius 2 is 1.90 bits per heavy atom. The van der Waals surface area contributed by atoms with Crippen molar-refractivity contribution in [3.8, 4) is 11.3 Å². The number of anilines is 1. The molecule has 0 saturated carbocycles. The van der Waals surface area contributed by atoms with E-state index < -0.39 is 40.6 Å². The monoisotopic (exact) mass is 584 g/mol. The third-order valence-corrected chi connectivity index (χ3v) is 6.95. The van der Waals surface area contributed by atoms with Crippen molar-refractivity contribution in [2.75, 3.05) is 12.4 Å². The van der Waals surface area contributed by atoms with Gasteiger partial charge in [0.05, 0.1) is 42.1 Å². The SMILES string of the molecule is COC(=O)C(=O)c1cc(-c2cc(NCc3ccc(Cl)s3)n(C(=O)C(C)(C)C)n2)cn(CC(=O)c2ccco2)c1=O. The molecule has 11 nitrogen and oxygen atoms in total. The van der Waals surface area contributed by atoms with E-state index in [-0.39, 0.29) is 22.9 Å². The lowest BCUT2D eigenvalue weighted by molar-refractivity contribution is -0.135. The van der Waals surface area contributed by atoms with Gasteiger partial charge in [-0.25, -0.2) is 4.79 Å². The number of Topliss-reactive ketones (excluding diaryl/α,β-unsaturated/α-hetero) is 2. The van der Waals surface area contributed by atoms with E-state index in [9.17, 15) is 24.0 Å². The van der Waals surface area contributed by atoms with Crippen LogP contribution in [0.2, 0.25) is 4.34 Å². The van der Waals surface area contributed by atoms with E-state index >= 15 is 0 Å². The van der Waals surface area contributed by atoms with Crippen molar-refractivity contribution in [1.82, 2.24) is 14.3 Å². The Bertz CT molecular complexity index is 1660. The van der Waals surface area contributed by atoms with Gasteiger partial charge in [-0.1, -0.05) is 32.4 Å². The van der Waals surface area contributed by atoms with Gasteiger partial charge >= 0.3 is 5.97 Å². The van der Waals surface area contributed by atoms with E-state index in [2.05, 4.69) is 15.2 Å². The Balaban J connectivity index is 1.82. The Morgan fingerprint density at radius 1 is 1.15 bits per heavy atom. The fourth-order valence-electron chi connectivity index (χ4n) is 3.67. The van der Waals surface area contributed by atoms with E-state index in [4.69, 9.17) is 16.0 Å². The molecule has 4 heterocycles. The largest absolute Gasteiger partial charge is 0.463 e. The first-order chi connectivity index (χ1) is 18.9. The summed E-state index contributed by atoms with van der Waals surface area (Å²) in [6.45, 7) is 5.10. The van der Waals surface area contributed by atoms with Crippen molar-refractivity contribution < 1.29 is 28.3 Å². The number of hydrogen-bond donors (Lipinski definition) is 1. The highest BCUT2D eigenvalue weighted by atomic mass is 35.5. The van der Waals surface area contributed by atoms with Crippen LogP contribution in [0.5, 0.6) is 0 Å². The summed E-state index contributed by atoms with van der Waals surface area (Å²) in [4.78, 5) is 64.8. The fraction of sp³-hybridized carbons (Fsp3) is 0.259. The fourth-order valence-corrected chi connectivity index (χ4v) is 4.70. The predicted molar refractivity (Wildman–Crippen MR) is 148 cm³/mol. The molecule has 0 aliphatic rings. The number of furan rings is 1. The number of rotatable bonds is 9. The quantitative estimate of drug-likeness (QED) is 0.170. The van der Waals surface area contributed by atoms with Gasteiger partial charge in [0.2, 0.25) is 5.78 Å². The zero-order valence-corrected chi connectivity index (χ0v) is 23.6. The van der Waals surface area contributed by atoms with Crippen molar-refractivity contribution in [3.05, 3.63) is 79.7 Å². The Kier molecular flexibility index (Phi) is 8.21. The number of methoxy groups -OCH3 is 1. The van der Waals surface area contributed by atoms with Crippen LogP contribution in [-0.2, 0) is 22.6 Å². The normalized spacial score (nSPS) is 11.3. The standard InChI is InChI=1S/C27H25ClN4O7S/c1-27(2,3)26(37)32-22(29-12-16-7-8-21(28)40-16)11-18(30-32)15-10-17(23(34)25(36)38-4)24(35)31(13-15)14-19(33)20-6-5-9-39-20/h5-11,13,29H,12,14H2,1-4H3. The lowest BCUT2D eigenvalue weighted by Crippen LogP contribution is -2.32. The number of nitrogens with one attached hydrogen (secondary N) is 1. The summed E-state index contributed by atoms with van der Waals surface area (Å²) in [5.41, 5.74) is -1.77. The number of carbonyl (C=O) groups is 4. The molecule has 0 unspecified atom stereocenters. The number of pyridine rings is 1. The maximum atomic E-state index is 13.3. The third kappa shape index (κ3) is 6.13. The van der Waals surface area contributed by atoms with Crippen molar-refractivity contribution in [3.63, 3.8) is 0 Å². The van der Waals surface area contributed by atoms with Crippen LogP contribution in [0.25, 0.3) is 11.3 Å². The average molecular weight is 585 g/mol. The minimum absolute atomic E-state index is 0.0124. The Hall–Kier alpha value is -4.29. The highest BCUT2D eigenvalue weighted by Gasteiger charge is 2.28. The summed E-state index contributed by atoms with van der Waals surface area (Å²) >= 11 is 7.42. The molecular weight excluding hydrogens is 560 g/mol. The molecule has 0 spiro atoms. The molecule has 0 amide bonds. The van der Waals surface area contributed by atoms with Gasteiger partial charge in [0, 0.05) is 28.1 Å². The van der Waals surface area contributed by atoms with Crippen molar-refractivity contribution in [1.29, 1.82) is 0 Å². The predicted octanol–water partition coefficient (Wildman–Crippen LogP) is 4.56. The molecule has 0 aromatic carbocycles. The van der Waals surface area contributed by atoms with E-state index in [1.807, 2.05) is 6.07 Å². The second-order valence-electron chi connectivity index (χ2n) is 9.74. The number of ketones is 2. The third-order valence-electron chi connectivity index (χ3n) is 5.72. The van der Waals surface area contributed by atoms with Crippen LogP contribution in [0.15, 0.2) is 58.1 Å². The lowest BCUT2D eigenvalue weighted by atomic mass is 9.96. The summed E-state index contributed by atoms with van der Waals surface area (Å²) < 4.78 is 12.4. The Morgan fingerprint density at radius 3 is 2.50 bits per heavy atom.